The molecule has 5 heteroatoms. The zero-order valence-electron chi connectivity index (χ0n) is 8.41. The fourth-order valence-electron chi connectivity index (χ4n) is 0.694. The van der Waals surface area contributed by atoms with Crippen molar-refractivity contribution in [2.45, 2.75) is 39.9 Å². The quantitative estimate of drug-likeness (QED) is 0.569. The van der Waals surface area contributed by atoms with Crippen molar-refractivity contribution in [2.24, 2.45) is 0 Å². The standard InChI is InChI=1S/C8H16IO3P/c1-6(2)11-13(10,8(5)9)12-7(3)4/h6-7H,5H2,1-4H3. The Labute approximate surface area is 93.6 Å². The first-order chi connectivity index (χ1) is 5.78. The van der Waals surface area contributed by atoms with Gasteiger partial charge in [0.1, 0.15) is 0 Å². The summed E-state index contributed by atoms with van der Waals surface area (Å²) in [6.45, 7) is 10.9. The number of halogens is 1. The van der Waals surface area contributed by atoms with Crippen molar-refractivity contribution >= 4 is 30.2 Å². The molecule has 0 aromatic rings. The third kappa shape index (κ3) is 5.15. The molecule has 0 radical (unpaired) electrons. The molecule has 0 heterocycles. The summed E-state index contributed by atoms with van der Waals surface area (Å²) >= 11 is 1.88. The highest BCUT2D eigenvalue weighted by atomic mass is 127. The summed E-state index contributed by atoms with van der Waals surface area (Å²) in [7, 11) is -3.11. The van der Waals surface area contributed by atoms with Gasteiger partial charge in [0.05, 0.1) is 15.5 Å². The highest BCUT2D eigenvalue weighted by Gasteiger charge is 2.29. The maximum absolute atomic E-state index is 12.0. The third-order valence-corrected chi connectivity index (χ3v) is 4.76. The summed E-state index contributed by atoms with van der Waals surface area (Å²) in [5.74, 6) is 0. The Balaban J connectivity index is 4.54. The third-order valence-electron chi connectivity index (χ3n) is 0.996. The van der Waals surface area contributed by atoms with Crippen LogP contribution in [-0.2, 0) is 13.6 Å². The van der Waals surface area contributed by atoms with E-state index in [1.807, 2.05) is 50.3 Å². The Morgan fingerprint density at radius 2 is 1.54 bits per heavy atom. The predicted molar refractivity (Wildman–Crippen MR) is 63.2 cm³/mol. The van der Waals surface area contributed by atoms with Crippen molar-refractivity contribution in [3.63, 3.8) is 0 Å². The second-order valence-corrected chi connectivity index (χ2v) is 7.29. The molecule has 0 unspecified atom stereocenters. The van der Waals surface area contributed by atoms with Gasteiger partial charge in [-0.25, -0.2) is 0 Å². The maximum atomic E-state index is 12.0. The van der Waals surface area contributed by atoms with Crippen LogP contribution in [0.4, 0.5) is 0 Å². The zero-order valence-corrected chi connectivity index (χ0v) is 11.5. The smallest absolute Gasteiger partial charge is 0.302 e. The molecule has 13 heavy (non-hydrogen) atoms. The van der Waals surface area contributed by atoms with Gasteiger partial charge in [0.2, 0.25) is 0 Å². The lowest BCUT2D eigenvalue weighted by Crippen LogP contribution is -2.07. The molecule has 0 atom stereocenters. The fourth-order valence-corrected chi connectivity index (χ4v) is 2.77. The zero-order chi connectivity index (χ0) is 10.6. The van der Waals surface area contributed by atoms with E-state index in [2.05, 4.69) is 6.58 Å². The van der Waals surface area contributed by atoms with E-state index in [0.29, 0.717) is 3.32 Å². The summed E-state index contributed by atoms with van der Waals surface area (Å²) < 4.78 is 22.9. The Morgan fingerprint density at radius 3 is 1.69 bits per heavy atom. The molecular formula is C8H16IO3P. The average Bonchev–Trinajstić information content (AvgIpc) is 1.82. The van der Waals surface area contributed by atoms with Crippen molar-refractivity contribution in [2.75, 3.05) is 0 Å². The van der Waals surface area contributed by atoms with Gasteiger partial charge in [-0.15, -0.1) is 0 Å². The Morgan fingerprint density at radius 1 is 1.23 bits per heavy atom. The lowest BCUT2D eigenvalue weighted by Gasteiger charge is -2.21. The average molecular weight is 318 g/mol. The van der Waals surface area contributed by atoms with Gasteiger partial charge in [-0.3, -0.25) is 4.57 Å². The molecule has 0 N–H and O–H groups in total. The van der Waals surface area contributed by atoms with Gasteiger partial charge in [-0.05, 0) is 50.3 Å². The minimum absolute atomic E-state index is 0.129. The van der Waals surface area contributed by atoms with E-state index in [0.717, 1.165) is 0 Å². The van der Waals surface area contributed by atoms with Gasteiger partial charge in [0.15, 0.2) is 0 Å². The normalized spacial score (nSPS) is 12.5. The van der Waals surface area contributed by atoms with Crippen molar-refractivity contribution in [1.29, 1.82) is 0 Å². The number of hydrogen-bond donors (Lipinski definition) is 0. The first kappa shape index (κ1) is 13.6. The lowest BCUT2D eigenvalue weighted by molar-refractivity contribution is 0.149. The van der Waals surface area contributed by atoms with Crippen molar-refractivity contribution in [3.8, 4) is 0 Å². The monoisotopic (exact) mass is 318 g/mol. The molecule has 3 nitrogen and oxygen atoms in total. The largest absolute Gasteiger partial charge is 0.367 e. The molecule has 0 aliphatic rings. The van der Waals surface area contributed by atoms with Crippen molar-refractivity contribution in [1.82, 2.24) is 0 Å². The second kappa shape index (κ2) is 5.49. The summed E-state index contributed by atoms with van der Waals surface area (Å²) in [5, 5.41) is 0. The molecule has 0 aromatic carbocycles. The Bertz CT molecular complexity index is 211. The van der Waals surface area contributed by atoms with E-state index < -0.39 is 7.60 Å². The molecule has 0 saturated carbocycles. The molecule has 0 fully saturated rings. The molecule has 0 amide bonds. The van der Waals surface area contributed by atoms with Crippen molar-refractivity contribution < 1.29 is 13.6 Å². The minimum atomic E-state index is -3.11. The SMILES string of the molecule is C=C(I)P(=O)(OC(C)C)OC(C)C. The van der Waals surface area contributed by atoms with Crippen LogP contribution in [0, 0.1) is 0 Å². The minimum Gasteiger partial charge on any atom is -0.302 e. The van der Waals surface area contributed by atoms with E-state index in [4.69, 9.17) is 9.05 Å². The summed E-state index contributed by atoms with van der Waals surface area (Å²) in [6, 6.07) is 0. The van der Waals surface area contributed by atoms with E-state index in [1.54, 1.807) is 0 Å². The summed E-state index contributed by atoms with van der Waals surface area (Å²) in [6.07, 6.45) is -0.257. The van der Waals surface area contributed by atoms with Gasteiger partial charge in [0.25, 0.3) is 0 Å². The topological polar surface area (TPSA) is 35.5 Å². The van der Waals surface area contributed by atoms with E-state index in [9.17, 15) is 4.57 Å². The van der Waals surface area contributed by atoms with Gasteiger partial charge in [0, 0.05) is 0 Å². The van der Waals surface area contributed by atoms with Gasteiger partial charge >= 0.3 is 7.60 Å². The first-order valence-electron chi connectivity index (χ1n) is 4.09. The first-order valence-corrected chi connectivity index (χ1v) is 6.72. The fraction of sp³-hybridized carbons (Fsp3) is 0.750. The molecule has 78 valence electrons. The van der Waals surface area contributed by atoms with Crippen molar-refractivity contribution in [3.05, 3.63) is 9.90 Å². The number of rotatable bonds is 5. The molecule has 0 bridgehead atoms. The van der Waals surface area contributed by atoms with Crippen LogP contribution >= 0.6 is 30.2 Å². The second-order valence-electron chi connectivity index (χ2n) is 3.18. The molecule has 0 rings (SSSR count). The van der Waals surface area contributed by atoms with Crippen LogP contribution in [0.2, 0.25) is 0 Å². The van der Waals surface area contributed by atoms with E-state index in [1.165, 1.54) is 0 Å². The molecule has 0 spiro atoms. The highest BCUT2D eigenvalue weighted by Crippen LogP contribution is 2.59. The van der Waals surface area contributed by atoms with E-state index in [-0.39, 0.29) is 12.2 Å². The highest BCUT2D eigenvalue weighted by molar-refractivity contribution is 14.1. The van der Waals surface area contributed by atoms with Crippen LogP contribution in [0.3, 0.4) is 0 Å². The lowest BCUT2D eigenvalue weighted by atomic mass is 10.5. The summed E-state index contributed by atoms with van der Waals surface area (Å²) in [4.78, 5) is 0. The Kier molecular flexibility index (Phi) is 5.75. The van der Waals surface area contributed by atoms with Crippen LogP contribution in [-0.4, -0.2) is 12.2 Å². The van der Waals surface area contributed by atoms with Gasteiger partial charge in [-0.1, -0.05) is 6.58 Å². The molecule has 0 saturated heterocycles. The molecule has 0 aromatic heterocycles. The van der Waals surface area contributed by atoms with Crippen LogP contribution in [0.5, 0.6) is 0 Å². The molecule has 0 aliphatic heterocycles. The number of hydrogen-bond acceptors (Lipinski definition) is 3. The summed E-state index contributed by atoms with van der Waals surface area (Å²) in [5.41, 5.74) is 0. The van der Waals surface area contributed by atoms with E-state index >= 15 is 0 Å². The maximum Gasteiger partial charge on any atom is 0.367 e. The van der Waals surface area contributed by atoms with Gasteiger partial charge in [-0.2, -0.15) is 0 Å². The molecular weight excluding hydrogens is 302 g/mol. The predicted octanol–water partition coefficient (Wildman–Crippen LogP) is 3.94. The van der Waals surface area contributed by atoms with Gasteiger partial charge < -0.3 is 9.05 Å². The van der Waals surface area contributed by atoms with Crippen LogP contribution < -0.4 is 0 Å². The Hall–Kier alpha value is 0.620. The van der Waals surface area contributed by atoms with Crippen LogP contribution in [0.25, 0.3) is 0 Å². The van der Waals surface area contributed by atoms with Crippen LogP contribution in [0.15, 0.2) is 9.90 Å². The van der Waals surface area contributed by atoms with Crippen LogP contribution in [0.1, 0.15) is 27.7 Å². The molecule has 0 aliphatic carbocycles.